The summed E-state index contributed by atoms with van der Waals surface area (Å²) in [5.74, 6) is 0.202. The van der Waals surface area contributed by atoms with E-state index in [2.05, 4.69) is 4.98 Å². The van der Waals surface area contributed by atoms with Gasteiger partial charge in [-0.3, -0.25) is 9.59 Å². The monoisotopic (exact) mass is 316 g/mol. The van der Waals surface area contributed by atoms with Crippen molar-refractivity contribution in [3.05, 3.63) is 52.6 Å². The predicted molar refractivity (Wildman–Crippen MR) is 85.5 cm³/mol. The van der Waals surface area contributed by atoms with Crippen LogP contribution in [0.5, 0.6) is 11.6 Å². The van der Waals surface area contributed by atoms with E-state index in [1.165, 1.54) is 10.8 Å². The summed E-state index contributed by atoms with van der Waals surface area (Å²) >= 11 is 0. The number of hydrogen-bond acceptors (Lipinski definition) is 5. The predicted octanol–water partition coefficient (Wildman–Crippen LogP) is 2.46. The van der Waals surface area contributed by atoms with Gasteiger partial charge in [-0.2, -0.15) is 0 Å². The molecule has 2 aromatic rings. The maximum absolute atomic E-state index is 11.8. The van der Waals surface area contributed by atoms with Crippen LogP contribution in [0.3, 0.4) is 0 Å². The lowest BCUT2D eigenvalue weighted by molar-refractivity contribution is -0.153. The molecule has 1 heterocycles. The average molecular weight is 316 g/mol. The van der Waals surface area contributed by atoms with Crippen molar-refractivity contribution in [1.29, 1.82) is 0 Å². The molecule has 6 heteroatoms. The molecule has 122 valence electrons. The zero-order valence-corrected chi connectivity index (χ0v) is 13.7. The highest BCUT2D eigenvalue weighted by atomic mass is 16.6. The Hall–Kier alpha value is -2.63. The van der Waals surface area contributed by atoms with Crippen molar-refractivity contribution in [1.82, 2.24) is 9.55 Å². The summed E-state index contributed by atoms with van der Waals surface area (Å²) in [6.45, 7) is 5.49. The van der Waals surface area contributed by atoms with Crippen molar-refractivity contribution < 1.29 is 14.3 Å². The van der Waals surface area contributed by atoms with Gasteiger partial charge < -0.3 is 14.0 Å². The average Bonchev–Trinajstić information content (AvgIpc) is 2.44. The lowest BCUT2D eigenvalue weighted by Crippen LogP contribution is -2.24. The minimum Gasteiger partial charge on any atom is -0.460 e. The normalized spacial score (nSPS) is 11.1. The van der Waals surface area contributed by atoms with Gasteiger partial charge in [-0.25, -0.2) is 4.98 Å². The quantitative estimate of drug-likeness (QED) is 0.810. The molecule has 0 N–H and O–H groups in total. The van der Waals surface area contributed by atoms with E-state index >= 15 is 0 Å². The Labute approximate surface area is 134 Å². The van der Waals surface area contributed by atoms with Gasteiger partial charge in [0.05, 0.1) is 6.42 Å². The molecule has 0 unspecified atom stereocenters. The first-order valence-electron chi connectivity index (χ1n) is 7.25. The number of hydrogen-bond donors (Lipinski definition) is 0. The molecule has 0 aliphatic heterocycles. The molecule has 0 spiro atoms. The third kappa shape index (κ3) is 4.95. The molecule has 1 aromatic heterocycles. The van der Waals surface area contributed by atoms with E-state index in [4.69, 9.17) is 9.47 Å². The van der Waals surface area contributed by atoms with Gasteiger partial charge in [0, 0.05) is 19.4 Å². The van der Waals surface area contributed by atoms with Gasteiger partial charge in [0.15, 0.2) is 0 Å². The Morgan fingerprint density at radius 3 is 2.48 bits per heavy atom. The number of carbonyl (C=O) groups is 1. The first kappa shape index (κ1) is 16.7. The van der Waals surface area contributed by atoms with Gasteiger partial charge in [0.25, 0.3) is 5.88 Å². The van der Waals surface area contributed by atoms with E-state index < -0.39 is 5.60 Å². The summed E-state index contributed by atoms with van der Waals surface area (Å²) in [6.07, 6.45) is 3.23. The zero-order chi connectivity index (χ0) is 17.0. The summed E-state index contributed by atoms with van der Waals surface area (Å²) < 4.78 is 12.1. The van der Waals surface area contributed by atoms with Crippen LogP contribution in [0.4, 0.5) is 0 Å². The first-order valence-corrected chi connectivity index (χ1v) is 7.25. The fraction of sp³-hybridized carbons (Fsp3) is 0.353. The minimum atomic E-state index is -0.501. The Morgan fingerprint density at radius 2 is 1.87 bits per heavy atom. The number of benzene rings is 1. The fourth-order valence-corrected chi connectivity index (χ4v) is 1.88. The number of nitrogens with zero attached hydrogens (tertiary/aromatic N) is 2. The van der Waals surface area contributed by atoms with Gasteiger partial charge in [0.2, 0.25) is 0 Å². The van der Waals surface area contributed by atoms with Crippen LogP contribution in [0, 0.1) is 0 Å². The molecule has 23 heavy (non-hydrogen) atoms. The second kappa shape index (κ2) is 6.64. The largest absolute Gasteiger partial charge is 0.460 e. The highest BCUT2D eigenvalue weighted by Crippen LogP contribution is 2.18. The SMILES string of the molecule is Cn1ccnc(Oc2ccc(CC(=O)OC(C)(C)C)cc2)c1=O. The lowest BCUT2D eigenvalue weighted by atomic mass is 10.1. The van der Waals surface area contributed by atoms with Gasteiger partial charge in [-0.1, -0.05) is 12.1 Å². The second-order valence-corrected chi connectivity index (χ2v) is 6.16. The Bertz CT molecular complexity index is 742. The van der Waals surface area contributed by atoms with Crippen molar-refractivity contribution >= 4 is 5.97 Å². The molecular formula is C17H20N2O4. The maximum atomic E-state index is 11.8. The second-order valence-electron chi connectivity index (χ2n) is 6.16. The number of esters is 1. The number of rotatable bonds is 4. The molecule has 0 aliphatic carbocycles. The van der Waals surface area contributed by atoms with E-state index in [-0.39, 0.29) is 23.8 Å². The molecule has 0 saturated heterocycles. The standard InChI is InChI=1S/C17H20N2O4/c1-17(2,3)23-14(20)11-12-5-7-13(8-6-12)22-15-16(21)19(4)10-9-18-15/h5-10H,11H2,1-4H3. The third-order valence-corrected chi connectivity index (χ3v) is 2.89. The van der Waals surface area contributed by atoms with Crippen molar-refractivity contribution in [2.45, 2.75) is 32.8 Å². The maximum Gasteiger partial charge on any atom is 0.313 e. The Balaban J connectivity index is 2.04. The van der Waals surface area contributed by atoms with E-state index in [1.54, 1.807) is 37.5 Å². The summed E-state index contributed by atoms with van der Waals surface area (Å²) in [7, 11) is 1.63. The van der Waals surface area contributed by atoms with Crippen LogP contribution in [0.25, 0.3) is 0 Å². The van der Waals surface area contributed by atoms with E-state index in [1.807, 2.05) is 20.8 Å². The summed E-state index contributed by atoms with van der Waals surface area (Å²) in [4.78, 5) is 27.5. The van der Waals surface area contributed by atoms with Gasteiger partial charge in [0.1, 0.15) is 11.4 Å². The number of aryl methyl sites for hydroxylation is 1. The molecule has 0 atom stereocenters. The van der Waals surface area contributed by atoms with Gasteiger partial charge in [-0.05, 0) is 38.5 Å². The van der Waals surface area contributed by atoms with Gasteiger partial charge >= 0.3 is 11.5 Å². The smallest absolute Gasteiger partial charge is 0.313 e. The van der Waals surface area contributed by atoms with Crippen molar-refractivity contribution in [2.24, 2.45) is 7.05 Å². The summed E-state index contributed by atoms with van der Waals surface area (Å²) in [5.41, 5.74) is -0.00929. The van der Waals surface area contributed by atoms with Gasteiger partial charge in [-0.15, -0.1) is 0 Å². The molecular weight excluding hydrogens is 296 g/mol. The van der Waals surface area contributed by atoms with Crippen LogP contribution < -0.4 is 10.3 Å². The van der Waals surface area contributed by atoms with Crippen molar-refractivity contribution in [3.63, 3.8) is 0 Å². The lowest BCUT2D eigenvalue weighted by Gasteiger charge is -2.19. The molecule has 6 nitrogen and oxygen atoms in total. The zero-order valence-electron chi connectivity index (χ0n) is 13.7. The fourth-order valence-electron chi connectivity index (χ4n) is 1.88. The number of aromatic nitrogens is 2. The number of ether oxygens (including phenoxy) is 2. The Kier molecular flexibility index (Phi) is 4.83. The van der Waals surface area contributed by atoms with E-state index in [9.17, 15) is 9.59 Å². The van der Waals surface area contributed by atoms with E-state index in [0.29, 0.717) is 5.75 Å². The summed E-state index contributed by atoms with van der Waals surface area (Å²) in [5, 5.41) is 0. The molecule has 0 bridgehead atoms. The molecule has 0 fully saturated rings. The molecule has 0 saturated carbocycles. The Morgan fingerprint density at radius 1 is 1.22 bits per heavy atom. The summed E-state index contributed by atoms with van der Waals surface area (Å²) in [6, 6.07) is 6.89. The molecule has 0 aliphatic rings. The molecule has 2 rings (SSSR count). The van der Waals surface area contributed by atoms with Crippen LogP contribution in [0.2, 0.25) is 0 Å². The topological polar surface area (TPSA) is 70.4 Å². The first-order chi connectivity index (χ1) is 10.7. The van der Waals surface area contributed by atoms with Crippen LogP contribution in [-0.2, 0) is 23.0 Å². The van der Waals surface area contributed by atoms with Crippen molar-refractivity contribution in [3.8, 4) is 11.6 Å². The van der Waals surface area contributed by atoms with Crippen molar-refractivity contribution in [2.75, 3.05) is 0 Å². The molecule has 0 radical (unpaired) electrons. The van der Waals surface area contributed by atoms with E-state index in [0.717, 1.165) is 5.56 Å². The van der Waals surface area contributed by atoms with Crippen LogP contribution in [0.15, 0.2) is 41.5 Å². The highest BCUT2D eigenvalue weighted by Gasteiger charge is 2.16. The van der Waals surface area contributed by atoms with Crippen LogP contribution in [-0.4, -0.2) is 21.1 Å². The minimum absolute atomic E-state index is 0.00916. The van der Waals surface area contributed by atoms with Crippen LogP contribution in [0.1, 0.15) is 26.3 Å². The number of carbonyl (C=O) groups excluding carboxylic acids is 1. The molecule has 0 amide bonds. The third-order valence-electron chi connectivity index (χ3n) is 2.89. The van der Waals surface area contributed by atoms with Crippen LogP contribution >= 0.6 is 0 Å². The highest BCUT2D eigenvalue weighted by molar-refractivity contribution is 5.73. The molecule has 1 aromatic carbocycles.